The number of carbonyl (C=O) groups is 1. The Kier molecular flexibility index (Phi) is 4.70. The van der Waals surface area contributed by atoms with Gasteiger partial charge in [-0.05, 0) is 39.3 Å². The van der Waals surface area contributed by atoms with E-state index in [1.54, 1.807) is 12.1 Å². The van der Waals surface area contributed by atoms with Crippen molar-refractivity contribution in [3.63, 3.8) is 0 Å². The molecule has 0 saturated carbocycles. The average molecular weight is 235 g/mol. The van der Waals surface area contributed by atoms with Gasteiger partial charge in [-0.15, -0.1) is 0 Å². The molecule has 0 fully saturated rings. The summed E-state index contributed by atoms with van der Waals surface area (Å²) in [6.07, 6.45) is 0. The van der Waals surface area contributed by atoms with Gasteiger partial charge in [0.2, 0.25) is 0 Å². The fourth-order valence-electron chi connectivity index (χ4n) is 2.02. The summed E-state index contributed by atoms with van der Waals surface area (Å²) in [6, 6.07) is 8.01. The molecule has 1 rings (SSSR count). The Morgan fingerprint density at radius 1 is 1.18 bits per heavy atom. The minimum atomic E-state index is -0.854. The largest absolute Gasteiger partial charge is 0.478 e. The van der Waals surface area contributed by atoms with Crippen molar-refractivity contribution in [1.29, 1.82) is 0 Å². The molecule has 0 unspecified atom stereocenters. The predicted molar refractivity (Wildman–Crippen MR) is 69.2 cm³/mol. The summed E-state index contributed by atoms with van der Waals surface area (Å²) in [6.45, 7) is 9.19. The number of carboxylic acid groups (broad SMARTS) is 1. The number of carboxylic acids is 1. The molecule has 3 nitrogen and oxygen atoms in total. The van der Waals surface area contributed by atoms with Gasteiger partial charge in [0, 0.05) is 18.6 Å². The molecule has 1 aromatic rings. The minimum Gasteiger partial charge on any atom is -0.478 e. The summed E-state index contributed by atoms with van der Waals surface area (Å²) in [4.78, 5) is 13.4. The maximum Gasteiger partial charge on any atom is 0.336 e. The van der Waals surface area contributed by atoms with Crippen LogP contribution in [0.15, 0.2) is 24.3 Å². The second-order valence-corrected chi connectivity index (χ2v) is 4.82. The SMILES string of the molecule is CC(C)N(Cc1ccccc1C(=O)O)C(C)C. The van der Waals surface area contributed by atoms with Gasteiger partial charge >= 0.3 is 5.97 Å². The molecule has 0 spiro atoms. The van der Waals surface area contributed by atoms with E-state index >= 15 is 0 Å². The Morgan fingerprint density at radius 3 is 2.18 bits per heavy atom. The van der Waals surface area contributed by atoms with Crippen LogP contribution in [-0.4, -0.2) is 28.1 Å². The van der Waals surface area contributed by atoms with Gasteiger partial charge in [-0.1, -0.05) is 18.2 Å². The van der Waals surface area contributed by atoms with E-state index in [1.165, 1.54) is 0 Å². The van der Waals surface area contributed by atoms with E-state index < -0.39 is 5.97 Å². The Labute approximate surface area is 103 Å². The zero-order valence-electron chi connectivity index (χ0n) is 11.0. The normalized spacial score (nSPS) is 11.5. The topological polar surface area (TPSA) is 40.5 Å². The first-order chi connectivity index (χ1) is 7.93. The van der Waals surface area contributed by atoms with Crippen LogP contribution in [0.2, 0.25) is 0 Å². The van der Waals surface area contributed by atoms with Crippen molar-refractivity contribution in [2.24, 2.45) is 0 Å². The Bertz CT molecular complexity index is 378. The summed E-state index contributed by atoms with van der Waals surface area (Å²) in [5.74, 6) is -0.854. The summed E-state index contributed by atoms with van der Waals surface area (Å²) >= 11 is 0. The van der Waals surface area contributed by atoms with Crippen LogP contribution in [0.5, 0.6) is 0 Å². The first-order valence-electron chi connectivity index (χ1n) is 6.00. The quantitative estimate of drug-likeness (QED) is 0.853. The van der Waals surface area contributed by atoms with Crippen molar-refractivity contribution in [2.75, 3.05) is 0 Å². The van der Waals surface area contributed by atoms with Crippen LogP contribution in [0.1, 0.15) is 43.6 Å². The lowest BCUT2D eigenvalue weighted by atomic mass is 10.1. The van der Waals surface area contributed by atoms with Crippen molar-refractivity contribution >= 4 is 5.97 Å². The Balaban J connectivity index is 2.97. The molecule has 0 saturated heterocycles. The van der Waals surface area contributed by atoms with Crippen LogP contribution in [0.25, 0.3) is 0 Å². The second-order valence-electron chi connectivity index (χ2n) is 4.82. The van der Waals surface area contributed by atoms with Crippen LogP contribution >= 0.6 is 0 Å². The standard InChI is InChI=1S/C14H21NO2/c1-10(2)15(11(3)4)9-12-7-5-6-8-13(12)14(16)17/h5-8,10-11H,9H2,1-4H3,(H,16,17). The fraction of sp³-hybridized carbons (Fsp3) is 0.500. The van der Waals surface area contributed by atoms with E-state index in [-0.39, 0.29) is 0 Å². The molecule has 1 aromatic carbocycles. The van der Waals surface area contributed by atoms with Crippen molar-refractivity contribution in [1.82, 2.24) is 4.90 Å². The fourth-order valence-corrected chi connectivity index (χ4v) is 2.02. The molecule has 1 N–H and O–H groups in total. The highest BCUT2D eigenvalue weighted by Crippen LogP contribution is 2.15. The molecule has 17 heavy (non-hydrogen) atoms. The molecule has 0 aliphatic rings. The maximum absolute atomic E-state index is 11.1. The van der Waals surface area contributed by atoms with Gasteiger partial charge in [-0.2, -0.15) is 0 Å². The first kappa shape index (κ1) is 13.7. The lowest BCUT2D eigenvalue weighted by molar-refractivity contribution is 0.0692. The van der Waals surface area contributed by atoms with Gasteiger partial charge in [0.1, 0.15) is 0 Å². The van der Waals surface area contributed by atoms with Crippen LogP contribution in [0, 0.1) is 0 Å². The number of aromatic carboxylic acids is 1. The van der Waals surface area contributed by atoms with Crippen molar-refractivity contribution in [3.8, 4) is 0 Å². The minimum absolute atomic E-state index is 0.400. The highest BCUT2D eigenvalue weighted by atomic mass is 16.4. The van der Waals surface area contributed by atoms with Gasteiger partial charge in [0.05, 0.1) is 5.56 Å². The van der Waals surface area contributed by atoms with E-state index in [0.717, 1.165) is 5.56 Å². The highest BCUT2D eigenvalue weighted by Gasteiger charge is 2.17. The van der Waals surface area contributed by atoms with Crippen LogP contribution < -0.4 is 0 Å². The lowest BCUT2D eigenvalue weighted by Gasteiger charge is -2.30. The zero-order valence-corrected chi connectivity index (χ0v) is 11.0. The third-order valence-corrected chi connectivity index (χ3v) is 2.93. The predicted octanol–water partition coefficient (Wildman–Crippen LogP) is 3.00. The summed E-state index contributed by atoms with van der Waals surface area (Å²) < 4.78 is 0. The zero-order chi connectivity index (χ0) is 13.0. The molecule has 0 atom stereocenters. The highest BCUT2D eigenvalue weighted by molar-refractivity contribution is 5.89. The van der Waals surface area contributed by atoms with E-state index in [9.17, 15) is 4.79 Å². The Morgan fingerprint density at radius 2 is 1.71 bits per heavy atom. The molecular formula is C14H21NO2. The smallest absolute Gasteiger partial charge is 0.336 e. The third-order valence-electron chi connectivity index (χ3n) is 2.93. The van der Waals surface area contributed by atoms with E-state index in [2.05, 4.69) is 32.6 Å². The molecule has 0 aliphatic heterocycles. The number of rotatable bonds is 5. The number of benzene rings is 1. The number of hydrogen-bond acceptors (Lipinski definition) is 2. The van der Waals surface area contributed by atoms with Crippen LogP contribution in [0.3, 0.4) is 0 Å². The molecule has 0 aliphatic carbocycles. The van der Waals surface area contributed by atoms with Gasteiger partial charge < -0.3 is 5.11 Å². The molecule has 94 valence electrons. The summed E-state index contributed by atoms with van der Waals surface area (Å²) in [5, 5.41) is 9.14. The average Bonchev–Trinajstić information content (AvgIpc) is 2.25. The van der Waals surface area contributed by atoms with E-state index in [4.69, 9.17) is 5.11 Å². The van der Waals surface area contributed by atoms with Crippen molar-refractivity contribution in [2.45, 2.75) is 46.3 Å². The number of nitrogens with zero attached hydrogens (tertiary/aromatic N) is 1. The van der Waals surface area contributed by atoms with Crippen molar-refractivity contribution < 1.29 is 9.90 Å². The monoisotopic (exact) mass is 235 g/mol. The Hall–Kier alpha value is -1.35. The van der Waals surface area contributed by atoms with Gasteiger partial charge in [-0.25, -0.2) is 4.79 Å². The van der Waals surface area contributed by atoms with Gasteiger partial charge in [-0.3, -0.25) is 4.90 Å². The second kappa shape index (κ2) is 5.82. The van der Waals surface area contributed by atoms with E-state index in [1.807, 2.05) is 12.1 Å². The molecule has 3 heteroatoms. The first-order valence-corrected chi connectivity index (χ1v) is 6.00. The van der Waals surface area contributed by atoms with Gasteiger partial charge in [0.15, 0.2) is 0 Å². The lowest BCUT2D eigenvalue weighted by Crippen LogP contribution is -2.36. The molecule has 0 amide bonds. The summed E-state index contributed by atoms with van der Waals surface area (Å²) in [7, 11) is 0. The van der Waals surface area contributed by atoms with Crippen molar-refractivity contribution in [3.05, 3.63) is 35.4 Å². The summed E-state index contributed by atoms with van der Waals surface area (Å²) in [5.41, 5.74) is 1.28. The number of hydrogen-bond donors (Lipinski definition) is 1. The molecule has 0 bridgehead atoms. The van der Waals surface area contributed by atoms with Gasteiger partial charge in [0.25, 0.3) is 0 Å². The molecular weight excluding hydrogens is 214 g/mol. The molecule has 0 radical (unpaired) electrons. The maximum atomic E-state index is 11.1. The van der Waals surface area contributed by atoms with Crippen LogP contribution in [0.4, 0.5) is 0 Å². The van der Waals surface area contributed by atoms with Crippen LogP contribution in [-0.2, 0) is 6.54 Å². The third kappa shape index (κ3) is 3.56. The molecule has 0 heterocycles. The molecule has 0 aromatic heterocycles. The van der Waals surface area contributed by atoms with E-state index in [0.29, 0.717) is 24.2 Å².